The number of fused-ring (bicyclic) bond motifs is 1. The Bertz CT molecular complexity index is 680. The van der Waals surface area contributed by atoms with Gasteiger partial charge < -0.3 is 5.32 Å². The molecule has 1 unspecified atom stereocenters. The Morgan fingerprint density at radius 3 is 3.05 bits per heavy atom. The van der Waals surface area contributed by atoms with Gasteiger partial charge in [0.1, 0.15) is 0 Å². The van der Waals surface area contributed by atoms with Crippen molar-refractivity contribution in [3.8, 4) is 0 Å². The monoisotopic (exact) mass is 318 g/mol. The third-order valence-electron chi connectivity index (χ3n) is 4.09. The third kappa shape index (κ3) is 2.99. The van der Waals surface area contributed by atoms with Crippen LogP contribution < -0.4 is 5.32 Å². The summed E-state index contributed by atoms with van der Waals surface area (Å²) >= 11 is 5.84. The summed E-state index contributed by atoms with van der Waals surface area (Å²) in [7, 11) is 1.90. The Morgan fingerprint density at radius 2 is 2.32 bits per heavy atom. The standard InChI is InChI=1S/C16H19ClN4O/c1-10(14-7-6-11(17)8-18-14)19-16(22)12-4-3-5-15-13(12)9-21(2)20-15/h6-10,12H,3-5H2,1-2H3,(H,19,22)/t10-,12?/m0/s1. The SMILES string of the molecule is C[C@H](NC(=O)C1CCCc2nn(C)cc21)c1ccc(Cl)cn1. The lowest BCUT2D eigenvalue weighted by atomic mass is 9.86. The van der Waals surface area contributed by atoms with Gasteiger partial charge in [-0.1, -0.05) is 11.6 Å². The van der Waals surface area contributed by atoms with Gasteiger partial charge in [-0.3, -0.25) is 14.5 Å². The molecule has 3 rings (SSSR count). The van der Waals surface area contributed by atoms with E-state index >= 15 is 0 Å². The zero-order valence-electron chi connectivity index (χ0n) is 12.7. The number of aryl methyl sites for hydroxylation is 2. The largest absolute Gasteiger partial charge is 0.347 e. The van der Waals surface area contributed by atoms with Gasteiger partial charge in [0.25, 0.3) is 0 Å². The van der Waals surface area contributed by atoms with E-state index < -0.39 is 0 Å². The Kier molecular flexibility index (Phi) is 4.16. The van der Waals surface area contributed by atoms with Crippen LogP contribution in [0.25, 0.3) is 0 Å². The van der Waals surface area contributed by atoms with Gasteiger partial charge >= 0.3 is 0 Å². The van der Waals surface area contributed by atoms with Crippen LogP contribution in [0.2, 0.25) is 5.02 Å². The fourth-order valence-corrected chi connectivity index (χ4v) is 3.08. The molecule has 5 nitrogen and oxygen atoms in total. The predicted octanol–water partition coefficient (Wildman–Crippen LogP) is 2.77. The van der Waals surface area contributed by atoms with Crippen molar-refractivity contribution >= 4 is 17.5 Å². The normalized spacial score (nSPS) is 18.6. The second-order valence-corrected chi connectivity index (χ2v) is 6.22. The number of carbonyl (C=O) groups is 1. The van der Waals surface area contributed by atoms with Gasteiger partial charge in [-0.15, -0.1) is 0 Å². The van der Waals surface area contributed by atoms with Crippen LogP contribution in [0.1, 0.15) is 48.7 Å². The molecule has 116 valence electrons. The molecule has 1 amide bonds. The molecule has 0 saturated heterocycles. The molecule has 22 heavy (non-hydrogen) atoms. The van der Waals surface area contributed by atoms with Crippen LogP contribution in [0, 0.1) is 0 Å². The number of aromatic nitrogens is 3. The van der Waals surface area contributed by atoms with Crippen LogP contribution in [0.4, 0.5) is 0 Å². The fraction of sp³-hybridized carbons (Fsp3) is 0.438. The molecule has 0 aromatic carbocycles. The molecule has 2 heterocycles. The summed E-state index contributed by atoms with van der Waals surface area (Å²) in [6, 6.07) is 3.47. The van der Waals surface area contributed by atoms with E-state index in [1.54, 1.807) is 16.9 Å². The Morgan fingerprint density at radius 1 is 1.50 bits per heavy atom. The van der Waals surface area contributed by atoms with E-state index in [0.29, 0.717) is 5.02 Å². The van der Waals surface area contributed by atoms with Crippen LogP contribution >= 0.6 is 11.6 Å². The highest BCUT2D eigenvalue weighted by molar-refractivity contribution is 6.30. The molecule has 2 atom stereocenters. The molecule has 6 heteroatoms. The van der Waals surface area contributed by atoms with E-state index in [0.717, 1.165) is 36.2 Å². The van der Waals surface area contributed by atoms with E-state index in [2.05, 4.69) is 15.4 Å². The Hall–Kier alpha value is -1.88. The molecule has 2 aromatic heterocycles. The average molecular weight is 319 g/mol. The molecule has 1 aliphatic rings. The van der Waals surface area contributed by atoms with Crippen molar-refractivity contribution in [1.29, 1.82) is 0 Å². The maximum Gasteiger partial charge on any atom is 0.228 e. The van der Waals surface area contributed by atoms with Crippen LogP contribution in [0.3, 0.4) is 0 Å². The summed E-state index contributed by atoms with van der Waals surface area (Å²) < 4.78 is 1.79. The average Bonchev–Trinajstić information content (AvgIpc) is 2.87. The number of amides is 1. The number of hydrogen-bond donors (Lipinski definition) is 1. The van der Waals surface area contributed by atoms with E-state index in [1.165, 1.54) is 0 Å². The van der Waals surface area contributed by atoms with E-state index in [-0.39, 0.29) is 17.9 Å². The zero-order chi connectivity index (χ0) is 15.7. The smallest absolute Gasteiger partial charge is 0.228 e. The molecule has 2 aromatic rings. The van der Waals surface area contributed by atoms with Crippen molar-refractivity contribution in [2.24, 2.45) is 7.05 Å². The summed E-state index contributed by atoms with van der Waals surface area (Å²) in [4.78, 5) is 16.9. The molecule has 1 aliphatic carbocycles. The highest BCUT2D eigenvalue weighted by atomic mass is 35.5. The quantitative estimate of drug-likeness (QED) is 0.946. The van der Waals surface area contributed by atoms with Crippen molar-refractivity contribution in [3.05, 3.63) is 46.5 Å². The van der Waals surface area contributed by atoms with Gasteiger partial charge in [0, 0.05) is 25.0 Å². The molecule has 0 radical (unpaired) electrons. The molecule has 0 aliphatic heterocycles. The predicted molar refractivity (Wildman–Crippen MR) is 84.7 cm³/mol. The van der Waals surface area contributed by atoms with Gasteiger partial charge in [0.05, 0.1) is 28.4 Å². The second-order valence-electron chi connectivity index (χ2n) is 5.78. The zero-order valence-corrected chi connectivity index (χ0v) is 13.5. The lowest BCUT2D eigenvalue weighted by Gasteiger charge is -2.23. The maximum atomic E-state index is 12.6. The van der Waals surface area contributed by atoms with Crippen molar-refractivity contribution in [1.82, 2.24) is 20.1 Å². The van der Waals surface area contributed by atoms with E-state index in [1.807, 2.05) is 26.2 Å². The van der Waals surface area contributed by atoms with Crippen molar-refractivity contribution in [3.63, 3.8) is 0 Å². The summed E-state index contributed by atoms with van der Waals surface area (Å²) in [5.74, 6) is -0.0783. The van der Waals surface area contributed by atoms with E-state index in [9.17, 15) is 4.79 Å². The number of carbonyl (C=O) groups excluding carboxylic acids is 1. The topological polar surface area (TPSA) is 59.8 Å². The Balaban J connectivity index is 1.73. The Labute approximate surface area is 134 Å². The first-order valence-electron chi connectivity index (χ1n) is 7.49. The minimum absolute atomic E-state index is 0.0400. The fourth-order valence-electron chi connectivity index (χ4n) is 2.97. The lowest BCUT2D eigenvalue weighted by molar-refractivity contribution is -0.123. The number of nitrogens with one attached hydrogen (secondary N) is 1. The number of rotatable bonds is 3. The highest BCUT2D eigenvalue weighted by Gasteiger charge is 2.29. The van der Waals surface area contributed by atoms with Gasteiger partial charge in [0.15, 0.2) is 0 Å². The molecular weight excluding hydrogens is 300 g/mol. The van der Waals surface area contributed by atoms with Crippen molar-refractivity contribution in [2.45, 2.75) is 38.1 Å². The van der Waals surface area contributed by atoms with Crippen LogP contribution in [-0.2, 0) is 18.3 Å². The van der Waals surface area contributed by atoms with Gasteiger partial charge in [0.2, 0.25) is 5.91 Å². The molecule has 0 fully saturated rings. The van der Waals surface area contributed by atoms with E-state index in [4.69, 9.17) is 11.6 Å². The van der Waals surface area contributed by atoms with Crippen molar-refractivity contribution in [2.75, 3.05) is 0 Å². The number of halogens is 1. The first kappa shape index (κ1) is 15.0. The summed E-state index contributed by atoms with van der Waals surface area (Å²) in [6.07, 6.45) is 6.37. The van der Waals surface area contributed by atoms with Crippen LogP contribution in [-0.4, -0.2) is 20.7 Å². The number of nitrogens with zero attached hydrogens (tertiary/aromatic N) is 3. The third-order valence-corrected chi connectivity index (χ3v) is 4.31. The number of hydrogen-bond acceptors (Lipinski definition) is 3. The van der Waals surface area contributed by atoms with Crippen molar-refractivity contribution < 1.29 is 4.79 Å². The highest BCUT2D eigenvalue weighted by Crippen LogP contribution is 2.31. The van der Waals surface area contributed by atoms with Crippen LogP contribution in [0.5, 0.6) is 0 Å². The first-order chi connectivity index (χ1) is 10.5. The molecule has 0 spiro atoms. The number of pyridine rings is 1. The van der Waals surface area contributed by atoms with Gasteiger partial charge in [-0.05, 0) is 38.3 Å². The molecule has 0 bridgehead atoms. The first-order valence-corrected chi connectivity index (χ1v) is 7.86. The second kappa shape index (κ2) is 6.08. The van der Waals surface area contributed by atoms with Gasteiger partial charge in [-0.2, -0.15) is 5.10 Å². The maximum absolute atomic E-state index is 12.6. The summed E-state index contributed by atoms with van der Waals surface area (Å²) in [5, 5.41) is 8.09. The van der Waals surface area contributed by atoms with Crippen LogP contribution in [0.15, 0.2) is 24.5 Å². The van der Waals surface area contributed by atoms with Gasteiger partial charge in [-0.25, -0.2) is 0 Å². The lowest BCUT2D eigenvalue weighted by Crippen LogP contribution is -2.33. The summed E-state index contributed by atoms with van der Waals surface area (Å²) in [6.45, 7) is 1.93. The molecule has 1 N–H and O–H groups in total. The molecular formula is C16H19ClN4O. The minimum atomic E-state index is -0.146. The minimum Gasteiger partial charge on any atom is -0.347 e. The molecule has 0 saturated carbocycles. The summed E-state index contributed by atoms with van der Waals surface area (Å²) in [5.41, 5.74) is 2.91.